The van der Waals surface area contributed by atoms with Crippen LogP contribution >= 0.6 is 15.9 Å². The van der Waals surface area contributed by atoms with Crippen LogP contribution in [-0.4, -0.2) is 33.8 Å². The Kier molecular flexibility index (Phi) is 4.57. The molecule has 0 atom stereocenters. The van der Waals surface area contributed by atoms with Crippen LogP contribution in [0.3, 0.4) is 0 Å². The van der Waals surface area contributed by atoms with Gasteiger partial charge >= 0.3 is 5.97 Å². The number of carboxylic acids is 1. The molecule has 1 heterocycles. The lowest BCUT2D eigenvalue weighted by atomic mass is 10.2. The second-order valence-electron chi connectivity index (χ2n) is 5.69. The van der Waals surface area contributed by atoms with E-state index < -0.39 is 12.6 Å². The zero-order valence-electron chi connectivity index (χ0n) is 12.9. The number of aromatic nitrogens is 2. The second-order valence-corrected chi connectivity index (χ2v) is 6.48. The highest BCUT2D eigenvalue weighted by atomic mass is 79.9. The van der Waals surface area contributed by atoms with Crippen molar-refractivity contribution < 1.29 is 19.4 Å². The van der Waals surface area contributed by atoms with E-state index in [9.17, 15) is 9.59 Å². The number of ether oxygens (including phenoxy) is 1. The largest absolute Gasteiger partial charge is 0.482 e. The van der Waals surface area contributed by atoms with Crippen molar-refractivity contribution in [1.82, 2.24) is 10.2 Å². The lowest BCUT2D eigenvalue weighted by Crippen LogP contribution is -2.14. The number of aliphatic carboxylic acids is 1. The molecule has 126 valence electrons. The third-order valence-corrected chi connectivity index (χ3v) is 4.54. The molecule has 7 nitrogen and oxygen atoms in total. The number of anilines is 1. The number of nitrogens with zero attached hydrogens (tertiary/aromatic N) is 1. The standard InChI is InChI=1S/C16H16BrN3O4/c1-8-6-10(24-7-12(21)22)4-5-11(8)18-16(23)15-13(17)14(19-20-15)9-2-3-9/h4-6,9H,2-3,7H2,1H3,(H,18,23)(H,19,20)(H,21,22). The molecule has 1 fully saturated rings. The molecule has 1 aliphatic carbocycles. The molecular weight excluding hydrogens is 378 g/mol. The first kappa shape index (κ1) is 16.5. The second kappa shape index (κ2) is 6.64. The van der Waals surface area contributed by atoms with Crippen molar-refractivity contribution in [1.29, 1.82) is 0 Å². The molecule has 0 aliphatic heterocycles. The highest BCUT2D eigenvalue weighted by molar-refractivity contribution is 9.10. The lowest BCUT2D eigenvalue weighted by molar-refractivity contribution is -0.139. The van der Waals surface area contributed by atoms with Gasteiger partial charge < -0.3 is 15.2 Å². The number of hydrogen-bond acceptors (Lipinski definition) is 4. The van der Waals surface area contributed by atoms with Crippen LogP contribution in [0.1, 0.15) is 40.5 Å². The van der Waals surface area contributed by atoms with Gasteiger partial charge in [0.15, 0.2) is 12.3 Å². The Morgan fingerprint density at radius 2 is 2.21 bits per heavy atom. The van der Waals surface area contributed by atoms with Crippen molar-refractivity contribution in [2.75, 3.05) is 11.9 Å². The van der Waals surface area contributed by atoms with Crippen LogP contribution in [-0.2, 0) is 4.79 Å². The first-order valence-electron chi connectivity index (χ1n) is 7.46. The van der Waals surface area contributed by atoms with Gasteiger partial charge in [-0.3, -0.25) is 9.89 Å². The molecule has 1 aromatic heterocycles. The Labute approximate surface area is 146 Å². The fourth-order valence-electron chi connectivity index (χ4n) is 2.33. The number of benzene rings is 1. The van der Waals surface area contributed by atoms with Gasteiger partial charge in [-0.1, -0.05) is 0 Å². The summed E-state index contributed by atoms with van der Waals surface area (Å²) in [4.78, 5) is 22.9. The Morgan fingerprint density at radius 3 is 2.83 bits per heavy atom. The summed E-state index contributed by atoms with van der Waals surface area (Å²) in [5.41, 5.74) is 2.67. The van der Waals surface area contributed by atoms with Crippen LogP contribution in [0.4, 0.5) is 5.69 Å². The molecule has 24 heavy (non-hydrogen) atoms. The number of aryl methyl sites for hydroxylation is 1. The number of carbonyl (C=O) groups is 2. The molecular formula is C16H16BrN3O4. The molecule has 3 rings (SSSR count). The molecule has 0 saturated heterocycles. The molecule has 3 N–H and O–H groups in total. The van der Waals surface area contributed by atoms with E-state index in [-0.39, 0.29) is 5.91 Å². The number of carboxylic acid groups (broad SMARTS) is 1. The van der Waals surface area contributed by atoms with E-state index in [1.54, 1.807) is 25.1 Å². The average Bonchev–Trinajstić information content (AvgIpc) is 3.30. The van der Waals surface area contributed by atoms with E-state index >= 15 is 0 Å². The topological polar surface area (TPSA) is 104 Å². The molecule has 1 amide bonds. The van der Waals surface area contributed by atoms with Gasteiger partial charge in [0.2, 0.25) is 0 Å². The zero-order chi connectivity index (χ0) is 17.3. The van der Waals surface area contributed by atoms with Gasteiger partial charge in [-0.15, -0.1) is 0 Å². The van der Waals surface area contributed by atoms with Gasteiger partial charge in [0.1, 0.15) is 5.75 Å². The maximum Gasteiger partial charge on any atom is 0.341 e. The number of carbonyl (C=O) groups excluding carboxylic acids is 1. The third-order valence-electron chi connectivity index (χ3n) is 3.74. The minimum atomic E-state index is -1.04. The van der Waals surface area contributed by atoms with Crippen LogP contribution < -0.4 is 10.1 Å². The predicted molar refractivity (Wildman–Crippen MR) is 90.5 cm³/mol. The number of H-pyrrole nitrogens is 1. The third kappa shape index (κ3) is 3.59. The first-order chi connectivity index (χ1) is 11.5. The van der Waals surface area contributed by atoms with E-state index in [0.29, 0.717) is 27.5 Å². The summed E-state index contributed by atoms with van der Waals surface area (Å²) in [6, 6.07) is 4.96. The van der Waals surface area contributed by atoms with Gasteiger partial charge in [-0.05, 0) is 59.5 Å². The van der Waals surface area contributed by atoms with E-state index in [4.69, 9.17) is 9.84 Å². The Morgan fingerprint density at radius 1 is 1.46 bits per heavy atom. The van der Waals surface area contributed by atoms with Gasteiger partial charge in [0, 0.05) is 11.6 Å². The van der Waals surface area contributed by atoms with Crippen molar-refractivity contribution in [3.63, 3.8) is 0 Å². The van der Waals surface area contributed by atoms with Gasteiger partial charge in [0.25, 0.3) is 5.91 Å². The molecule has 2 aromatic rings. The van der Waals surface area contributed by atoms with Crippen molar-refractivity contribution in [3.05, 3.63) is 39.6 Å². The smallest absolute Gasteiger partial charge is 0.341 e. The Balaban J connectivity index is 1.71. The summed E-state index contributed by atoms with van der Waals surface area (Å²) < 4.78 is 5.82. The monoisotopic (exact) mass is 393 g/mol. The quantitative estimate of drug-likeness (QED) is 0.699. The fraction of sp³-hybridized carbons (Fsp3) is 0.312. The summed E-state index contributed by atoms with van der Waals surface area (Å²) in [5, 5.41) is 18.4. The van der Waals surface area contributed by atoms with Crippen LogP contribution in [0, 0.1) is 6.92 Å². The molecule has 1 aliphatic rings. The molecule has 1 saturated carbocycles. The maximum atomic E-state index is 12.4. The number of halogens is 1. The first-order valence-corrected chi connectivity index (χ1v) is 8.25. The van der Waals surface area contributed by atoms with Crippen molar-refractivity contribution in [2.24, 2.45) is 0 Å². The normalized spacial score (nSPS) is 13.6. The lowest BCUT2D eigenvalue weighted by Gasteiger charge is -2.10. The van der Waals surface area contributed by atoms with E-state index in [2.05, 4.69) is 31.4 Å². The summed E-state index contributed by atoms with van der Waals surface area (Å²) in [5.74, 6) is -0.460. The molecule has 0 spiro atoms. The van der Waals surface area contributed by atoms with Gasteiger partial charge in [-0.25, -0.2) is 4.79 Å². The van der Waals surface area contributed by atoms with Crippen molar-refractivity contribution in [2.45, 2.75) is 25.7 Å². The van der Waals surface area contributed by atoms with Gasteiger partial charge in [-0.2, -0.15) is 5.10 Å². The maximum absolute atomic E-state index is 12.4. The highest BCUT2D eigenvalue weighted by Gasteiger charge is 2.30. The minimum absolute atomic E-state index is 0.313. The summed E-state index contributed by atoms with van der Waals surface area (Å²) in [6.07, 6.45) is 2.22. The molecule has 0 unspecified atom stereocenters. The Bertz CT molecular complexity index is 799. The summed E-state index contributed by atoms with van der Waals surface area (Å²) >= 11 is 3.44. The number of rotatable bonds is 6. The van der Waals surface area contributed by atoms with Crippen molar-refractivity contribution >= 4 is 33.5 Å². The molecule has 0 bridgehead atoms. The van der Waals surface area contributed by atoms with Crippen LogP contribution in [0.5, 0.6) is 5.75 Å². The highest BCUT2D eigenvalue weighted by Crippen LogP contribution is 2.43. The number of aromatic amines is 1. The number of nitrogens with one attached hydrogen (secondary N) is 2. The SMILES string of the molecule is Cc1cc(OCC(=O)O)ccc1NC(=O)c1n[nH]c(C2CC2)c1Br. The number of amides is 1. The predicted octanol–water partition coefficient (Wildman–Crippen LogP) is 3.07. The van der Waals surface area contributed by atoms with E-state index in [1.807, 2.05) is 0 Å². The fourth-order valence-corrected chi connectivity index (χ4v) is 3.01. The molecule has 0 radical (unpaired) electrons. The average molecular weight is 394 g/mol. The number of hydrogen-bond donors (Lipinski definition) is 3. The molecule has 8 heteroatoms. The Hall–Kier alpha value is -2.35. The van der Waals surface area contributed by atoms with Crippen molar-refractivity contribution in [3.8, 4) is 5.75 Å². The van der Waals surface area contributed by atoms with Crippen LogP contribution in [0.25, 0.3) is 0 Å². The van der Waals surface area contributed by atoms with E-state index in [0.717, 1.165) is 24.1 Å². The zero-order valence-corrected chi connectivity index (χ0v) is 14.5. The van der Waals surface area contributed by atoms with Gasteiger partial charge in [0.05, 0.1) is 10.2 Å². The van der Waals surface area contributed by atoms with E-state index in [1.165, 1.54) is 0 Å². The minimum Gasteiger partial charge on any atom is -0.482 e. The van der Waals surface area contributed by atoms with Crippen LogP contribution in [0.15, 0.2) is 22.7 Å². The molecule has 1 aromatic carbocycles. The summed E-state index contributed by atoms with van der Waals surface area (Å²) in [7, 11) is 0. The van der Waals surface area contributed by atoms with Crippen LogP contribution in [0.2, 0.25) is 0 Å². The summed E-state index contributed by atoms with van der Waals surface area (Å²) in [6.45, 7) is 1.40.